The Bertz CT molecular complexity index is 516. The van der Waals surface area contributed by atoms with Crippen molar-refractivity contribution in [3.8, 4) is 0 Å². The predicted molar refractivity (Wildman–Crippen MR) is 54.9 cm³/mol. The Morgan fingerprint density at radius 3 is 2.79 bits per heavy atom. The minimum Gasteiger partial charge on any atom is -0.477 e. The molecule has 0 fully saturated rings. The number of halogens is 1. The molecule has 0 radical (unpaired) electrons. The lowest BCUT2D eigenvalue weighted by molar-refractivity contribution is 0.0687. The molecule has 0 spiro atoms. The number of hydrogen-bond donors (Lipinski definition) is 1. The van der Waals surface area contributed by atoms with Crippen LogP contribution in [0.5, 0.6) is 0 Å². The summed E-state index contributed by atoms with van der Waals surface area (Å²) in [7, 11) is 1.69. The summed E-state index contributed by atoms with van der Waals surface area (Å²) in [4.78, 5) is 10.8. The summed E-state index contributed by atoms with van der Waals surface area (Å²) in [6, 6.07) is 7.00. The van der Waals surface area contributed by atoms with Crippen molar-refractivity contribution in [1.29, 1.82) is 0 Å². The Morgan fingerprint density at radius 2 is 2.21 bits per heavy atom. The monoisotopic (exact) mass is 209 g/mol. The third-order valence-electron chi connectivity index (χ3n) is 2.23. The van der Waals surface area contributed by atoms with Crippen LogP contribution >= 0.6 is 11.6 Å². The van der Waals surface area contributed by atoms with Crippen LogP contribution in [-0.4, -0.2) is 15.6 Å². The van der Waals surface area contributed by atoms with Gasteiger partial charge in [0.15, 0.2) is 0 Å². The van der Waals surface area contributed by atoms with Gasteiger partial charge in [-0.05, 0) is 12.1 Å². The number of fused-ring (bicyclic) bond motifs is 1. The third kappa shape index (κ3) is 1.17. The Hall–Kier alpha value is -1.48. The fourth-order valence-electron chi connectivity index (χ4n) is 1.57. The Kier molecular flexibility index (Phi) is 1.97. The van der Waals surface area contributed by atoms with Crippen molar-refractivity contribution < 1.29 is 9.90 Å². The van der Waals surface area contributed by atoms with Crippen molar-refractivity contribution in [2.45, 2.75) is 0 Å². The predicted octanol–water partition coefficient (Wildman–Crippen LogP) is 2.53. The van der Waals surface area contributed by atoms with E-state index in [1.54, 1.807) is 29.8 Å². The number of aromatic carboxylic acids is 1. The topological polar surface area (TPSA) is 42.2 Å². The summed E-state index contributed by atoms with van der Waals surface area (Å²) in [5.41, 5.74) is 1.000. The number of nitrogens with zero attached hydrogens (tertiary/aromatic N) is 1. The van der Waals surface area contributed by atoms with E-state index in [2.05, 4.69) is 0 Å². The van der Waals surface area contributed by atoms with Gasteiger partial charge in [-0.25, -0.2) is 4.79 Å². The van der Waals surface area contributed by atoms with Gasteiger partial charge in [0.05, 0.1) is 10.5 Å². The highest BCUT2D eigenvalue weighted by atomic mass is 35.5. The minimum atomic E-state index is -0.945. The highest BCUT2D eigenvalue weighted by molar-refractivity contribution is 6.35. The molecule has 0 saturated carbocycles. The smallest absolute Gasteiger partial charge is 0.352 e. The quantitative estimate of drug-likeness (QED) is 0.784. The Morgan fingerprint density at radius 1 is 1.50 bits per heavy atom. The molecule has 1 aromatic carbocycles. The fraction of sp³-hybridized carbons (Fsp3) is 0.100. The van der Waals surface area contributed by atoms with Crippen LogP contribution in [0.1, 0.15) is 10.5 Å². The molecule has 0 aliphatic carbocycles. The van der Waals surface area contributed by atoms with Gasteiger partial charge in [-0.3, -0.25) is 0 Å². The number of aromatic nitrogens is 1. The summed E-state index contributed by atoms with van der Waals surface area (Å²) >= 11 is 5.97. The van der Waals surface area contributed by atoms with Crippen molar-refractivity contribution >= 4 is 28.5 Å². The zero-order valence-corrected chi connectivity index (χ0v) is 8.25. The van der Waals surface area contributed by atoms with Crippen LogP contribution in [-0.2, 0) is 7.05 Å². The molecule has 14 heavy (non-hydrogen) atoms. The number of carbonyl (C=O) groups is 1. The molecule has 4 heteroatoms. The van der Waals surface area contributed by atoms with E-state index in [0.29, 0.717) is 5.02 Å². The van der Waals surface area contributed by atoms with E-state index >= 15 is 0 Å². The highest BCUT2D eigenvalue weighted by Crippen LogP contribution is 2.25. The number of para-hydroxylation sites is 1. The summed E-state index contributed by atoms with van der Waals surface area (Å²) < 4.78 is 1.58. The largest absolute Gasteiger partial charge is 0.477 e. The summed E-state index contributed by atoms with van der Waals surface area (Å²) in [6.45, 7) is 0. The van der Waals surface area contributed by atoms with Gasteiger partial charge in [-0.2, -0.15) is 0 Å². The van der Waals surface area contributed by atoms with Crippen LogP contribution in [0.3, 0.4) is 0 Å². The Balaban J connectivity index is 2.87. The fourth-order valence-corrected chi connectivity index (χ4v) is 1.88. The highest BCUT2D eigenvalue weighted by Gasteiger charge is 2.13. The molecule has 0 amide bonds. The average molecular weight is 210 g/mol. The second kappa shape index (κ2) is 3.03. The zero-order chi connectivity index (χ0) is 10.3. The first-order chi connectivity index (χ1) is 6.61. The van der Waals surface area contributed by atoms with Gasteiger partial charge < -0.3 is 9.67 Å². The van der Waals surface area contributed by atoms with Crippen LogP contribution in [0.15, 0.2) is 24.3 Å². The van der Waals surface area contributed by atoms with Gasteiger partial charge in [0, 0.05) is 12.4 Å². The van der Waals surface area contributed by atoms with E-state index < -0.39 is 5.97 Å². The van der Waals surface area contributed by atoms with E-state index in [9.17, 15) is 4.79 Å². The molecule has 0 unspecified atom stereocenters. The van der Waals surface area contributed by atoms with Crippen LogP contribution in [0.4, 0.5) is 0 Å². The molecule has 1 N–H and O–H groups in total. The van der Waals surface area contributed by atoms with Gasteiger partial charge in [0.1, 0.15) is 5.69 Å². The second-order valence-corrected chi connectivity index (χ2v) is 3.48. The SMILES string of the molecule is Cn1c(C(=O)O)cc2cccc(Cl)c21. The molecule has 0 atom stereocenters. The van der Waals surface area contributed by atoms with Crippen LogP contribution < -0.4 is 0 Å². The average Bonchev–Trinajstić information content (AvgIpc) is 2.45. The van der Waals surface area contributed by atoms with E-state index in [1.807, 2.05) is 6.07 Å². The van der Waals surface area contributed by atoms with Gasteiger partial charge in [-0.1, -0.05) is 23.7 Å². The minimum absolute atomic E-state index is 0.244. The van der Waals surface area contributed by atoms with Gasteiger partial charge in [-0.15, -0.1) is 0 Å². The first-order valence-electron chi connectivity index (χ1n) is 4.08. The number of aryl methyl sites for hydroxylation is 1. The van der Waals surface area contributed by atoms with Crippen LogP contribution in [0.2, 0.25) is 5.02 Å². The molecular formula is C10H8ClNO2. The first kappa shape index (κ1) is 9.09. The molecular weight excluding hydrogens is 202 g/mol. The maximum atomic E-state index is 10.8. The number of carboxylic acid groups (broad SMARTS) is 1. The second-order valence-electron chi connectivity index (χ2n) is 3.07. The molecule has 1 aromatic heterocycles. The summed E-state index contributed by atoms with van der Waals surface area (Å²) in [6.07, 6.45) is 0. The van der Waals surface area contributed by atoms with Crippen molar-refractivity contribution in [1.82, 2.24) is 4.57 Å². The van der Waals surface area contributed by atoms with Crippen molar-refractivity contribution in [3.63, 3.8) is 0 Å². The maximum absolute atomic E-state index is 10.8. The number of carboxylic acids is 1. The Labute approximate surface area is 85.5 Å². The van der Waals surface area contributed by atoms with Gasteiger partial charge in [0.25, 0.3) is 0 Å². The molecule has 72 valence electrons. The lowest BCUT2D eigenvalue weighted by Gasteiger charge is -2.00. The van der Waals surface area contributed by atoms with Crippen molar-refractivity contribution in [2.24, 2.45) is 7.05 Å². The normalized spacial score (nSPS) is 10.7. The molecule has 0 aliphatic rings. The van der Waals surface area contributed by atoms with Crippen molar-refractivity contribution in [3.05, 3.63) is 35.0 Å². The summed E-state index contributed by atoms with van der Waals surface area (Å²) in [5.74, 6) is -0.945. The van der Waals surface area contributed by atoms with Gasteiger partial charge >= 0.3 is 5.97 Å². The summed E-state index contributed by atoms with van der Waals surface area (Å²) in [5, 5.41) is 10.3. The molecule has 0 saturated heterocycles. The van der Waals surface area contributed by atoms with E-state index in [-0.39, 0.29) is 5.69 Å². The zero-order valence-electron chi connectivity index (χ0n) is 7.49. The lowest BCUT2D eigenvalue weighted by atomic mass is 10.2. The maximum Gasteiger partial charge on any atom is 0.352 e. The first-order valence-corrected chi connectivity index (χ1v) is 4.46. The van der Waals surface area contributed by atoms with E-state index in [0.717, 1.165) is 10.9 Å². The number of benzene rings is 1. The molecule has 2 rings (SSSR count). The van der Waals surface area contributed by atoms with Crippen molar-refractivity contribution in [2.75, 3.05) is 0 Å². The number of rotatable bonds is 1. The van der Waals surface area contributed by atoms with Crippen LogP contribution in [0, 0.1) is 0 Å². The lowest BCUT2D eigenvalue weighted by Crippen LogP contribution is -2.03. The van der Waals surface area contributed by atoms with Gasteiger partial charge in [0.2, 0.25) is 0 Å². The molecule has 1 heterocycles. The number of hydrogen-bond acceptors (Lipinski definition) is 1. The van der Waals surface area contributed by atoms with Crippen LogP contribution in [0.25, 0.3) is 10.9 Å². The van der Waals surface area contributed by atoms with E-state index in [1.165, 1.54) is 0 Å². The third-order valence-corrected chi connectivity index (χ3v) is 2.53. The van der Waals surface area contributed by atoms with E-state index in [4.69, 9.17) is 16.7 Å². The molecule has 2 aromatic rings. The molecule has 3 nitrogen and oxygen atoms in total. The standard InChI is InChI=1S/C10H8ClNO2/c1-12-8(10(13)14)5-6-3-2-4-7(11)9(6)12/h2-5H,1H3,(H,13,14). The molecule has 0 bridgehead atoms. The molecule has 0 aliphatic heterocycles.